The molecular weight excluding hydrogens is 594 g/mol. The van der Waals surface area contributed by atoms with Gasteiger partial charge < -0.3 is 10.6 Å². The van der Waals surface area contributed by atoms with Crippen LogP contribution in [0, 0.1) is 0 Å². The Morgan fingerprint density at radius 2 is 1.18 bits per heavy atom. The summed E-state index contributed by atoms with van der Waals surface area (Å²) in [6.07, 6.45) is 0. The fourth-order valence-electron chi connectivity index (χ4n) is 3.81. The van der Waals surface area contributed by atoms with E-state index in [2.05, 4.69) is 31.0 Å². The minimum absolute atomic E-state index is 0.305. The van der Waals surface area contributed by atoms with E-state index in [1.54, 1.807) is 36.4 Å². The molecule has 2 heterocycles. The summed E-state index contributed by atoms with van der Waals surface area (Å²) in [7, 11) is 0. The molecule has 12 heteroatoms. The highest BCUT2D eigenvalue weighted by atomic mass is 35.5. The first-order valence-electron chi connectivity index (χ1n) is 11.7. The van der Waals surface area contributed by atoms with Crippen LogP contribution in [-0.2, 0) is 0 Å². The van der Waals surface area contributed by atoms with Gasteiger partial charge in [-0.05, 0) is 48.5 Å². The molecule has 2 amide bonds. The minimum Gasteiger partial charge on any atom is -0.321 e. The zero-order valence-corrected chi connectivity index (χ0v) is 23.3. The summed E-state index contributed by atoms with van der Waals surface area (Å²) in [6, 6.07) is 24.6. The van der Waals surface area contributed by atoms with Crippen LogP contribution in [0.2, 0.25) is 20.1 Å². The predicted molar refractivity (Wildman–Crippen MR) is 161 cm³/mol. The monoisotopic (exact) mass is 610 g/mol. The molecule has 0 saturated carbocycles. The Bertz CT molecular complexity index is 1870. The van der Waals surface area contributed by atoms with Gasteiger partial charge in [-0.3, -0.25) is 19.8 Å². The van der Waals surface area contributed by atoms with E-state index >= 15 is 0 Å². The summed E-state index contributed by atoms with van der Waals surface area (Å²) in [5.74, 6) is -0.632. The van der Waals surface area contributed by atoms with Crippen molar-refractivity contribution in [3.05, 3.63) is 116 Å². The average molecular weight is 612 g/mol. The number of halogens is 4. The second-order valence-corrected chi connectivity index (χ2v) is 10.1. The number of benzene rings is 4. The molecule has 0 spiro atoms. The first-order valence-corrected chi connectivity index (χ1v) is 13.2. The second-order valence-electron chi connectivity index (χ2n) is 8.40. The van der Waals surface area contributed by atoms with Crippen LogP contribution in [-0.4, -0.2) is 32.2 Å². The van der Waals surface area contributed by atoms with E-state index in [0.29, 0.717) is 42.9 Å². The molecule has 6 rings (SSSR count). The number of rotatable bonds is 4. The predicted octanol–water partition coefficient (Wildman–Crippen LogP) is 8.24. The molecule has 0 saturated heterocycles. The summed E-state index contributed by atoms with van der Waals surface area (Å²) in [6.45, 7) is 0. The molecule has 0 fully saturated rings. The van der Waals surface area contributed by atoms with Gasteiger partial charge in [0.15, 0.2) is 11.4 Å². The van der Waals surface area contributed by atoms with E-state index in [1.165, 1.54) is 0 Å². The number of hydrogen-bond donors (Lipinski definition) is 4. The zero-order chi connectivity index (χ0) is 28.2. The first-order chi connectivity index (χ1) is 19.3. The Balaban J connectivity index is 0.000000161. The maximum Gasteiger partial charge on any atom is 0.276 e. The molecule has 8 nitrogen and oxygen atoms in total. The number of nitrogens with zero attached hydrogens (tertiary/aromatic N) is 2. The van der Waals surface area contributed by atoms with E-state index in [4.69, 9.17) is 46.4 Å². The molecule has 200 valence electrons. The van der Waals surface area contributed by atoms with Crippen LogP contribution in [0.1, 0.15) is 21.0 Å². The molecular formula is C28H18Cl4N6O2. The number of aromatic nitrogens is 4. The number of anilines is 2. The lowest BCUT2D eigenvalue weighted by atomic mass is 10.2. The SMILES string of the molecule is O=C(Nc1ccc(Cl)c(Cl)c1)c1n[nH]c2ccccc12.O=C(Nc1ccc(Cl)cc1Cl)c1n[nH]c2ccccc12. The number of carbonyl (C=O) groups excluding carboxylic acids is 2. The molecule has 4 aromatic carbocycles. The van der Waals surface area contributed by atoms with Crippen LogP contribution >= 0.6 is 46.4 Å². The Kier molecular flexibility index (Phi) is 8.23. The maximum atomic E-state index is 12.2. The Labute approximate surface area is 247 Å². The lowest BCUT2D eigenvalue weighted by Gasteiger charge is -2.06. The number of hydrogen-bond acceptors (Lipinski definition) is 4. The number of carbonyl (C=O) groups is 2. The molecule has 0 bridgehead atoms. The van der Waals surface area contributed by atoms with E-state index in [1.807, 2.05) is 48.5 Å². The fourth-order valence-corrected chi connectivity index (χ4v) is 4.56. The molecule has 0 aliphatic heterocycles. The van der Waals surface area contributed by atoms with Crippen LogP contribution in [0.15, 0.2) is 84.9 Å². The van der Waals surface area contributed by atoms with Gasteiger partial charge in [0, 0.05) is 21.5 Å². The average Bonchev–Trinajstić information content (AvgIpc) is 3.57. The zero-order valence-electron chi connectivity index (χ0n) is 20.3. The maximum absolute atomic E-state index is 12.2. The van der Waals surface area contributed by atoms with Crippen molar-refractivity contribution in [1.29, 1.82) is 0 Å². The molecule has 0 radical (unpaired) electrons. The summed E-state index contributed by atoms with van der Waals surface area (Å²) in [5, 5.41) is 22.4. The lowest BCUT2D eigenvalue weighted by Crippen LogP contribution is -2.13. The standard InChI is InChI=1S/2C14H9Cl2N3O/c15-8-5-6-12(10(16)7-8)17-14(20)13-9-3-1-2-4-11(9)18-19-13;15-10-6-5-8(7-11(10)16)17-14(20)13-9-3-1-2-4-12(9)18-19-13/h2*1-7H,(H,17,20)(H,18,19). The molecule has 0 atom stereocenters. The summed E-state index contributed by atoms with van der Waals surface area (Å²) in [5.41, 5.74) is 3.34. The van der Waals surface area contributed by atoms with Crippen molar-refractivity contribution in [3.63, 3.8) is 0 Å². The molecule has 40 heavy (non-hydrogen) atoms. The third-order valence-electron chi connectivity index (χ3n) is 5.73. The van der Waals surface area contributed by atoms with E-state index in [0.717, 1.165) is 21.8 Å². The summed E-state index contributed by atoms with van der Waals surface area (Å²) in [4.78, 5) is 24.5. The first kappa shape index (κ1) is 27.5. The largest absolute Gasteiger partial charge is 0.321 e. The van der Waals surface area contributed by atoms with E-state index in [-0.39, 0.29) is 11.8 Å². The molecule has 2 aromatic heterocycles. The van der Waals surface area contributed by atoms with Crippen molar-refractivity contribution in [2.24, 2.45) is 0 Å². The van der Waals surface area contributed by atoms with Crippen LogP contribution in [0.3, 0.4) is 0 Å². The second kappa shape index (κ2) is 12.0. The van der Waals surface area contributed by atoms with Crippen molar-refractivity contribution in [3.8, 4) is 0 Å². The highest BCUT2D eigenvalue weighted by molar-refractivity contribution is 6.42. The molecule has 0 aliphatic rings. The summed E-state index contributed by atoms with van der Waals surface area (Å²) >= 11 is 23.6. The van der Waals surface area contributed by atoms with Gasteiger partial charge in [0.2, 0.25) is 0 Å². The fraction of sp³-hybridized carbons (Fsp3) is 0. The number of nitrogens with one attached hydrogen (secondary N) is 4. The van der Waals surface area contributed by atoms with E-state index in [9.17, 15) is 9.59 Å². The Morgan fingerprint density at radius 1 is 0.600 bits per heavy atom. The Morgan fingerprint density at radius 3 is 1.75 bits per heavy atom. The van der Waals surface area contributed by atoms with Crippen molar-refractivity contribution >= 4 is 91.4 Å². The van der Waals surface area contributed by atoms with Gasteiger partial charge in [0.25, 0.3) is 11.8 Å². The molecule has 6 aromatic rings. The van der Waals surface area contributed by atoms with Crippen LogP contribution in [0.5, 0.6) is 0 Å². The van der Waals surface area contributed by atoms with Crippen LogP contribution in [0.4, 0.5) is 11.4 Å². The van der Waals surface area contributed by atoms with Crippen molar-refractivity contribution in [2.45, 2.75) is 0 Å². The van der Waals surface area contributed by atoms with Crippen molar-refractivity contribution in [2.75, 3.05) is 10.6 Å². The number of amides is 2. The number of fused-ring (bicyclic) bond motifs is 2. The van der Waals surface area contributed by atoms with Crippen molar-refractivity contribution < 1.29 is 9.59 Å². The molecule has 0 unspecified atom stereocenters. The van der Waals surface area contributed by atoms with Crippen molar-refractivity contribution in [1.82, 2.24) is 20.4 Å². The third-order valence-corrected chi connectivity index (χ3v) is 7.01. The smallest absolute Gasteiger partial charge is 0.276 e. The van der Waals surface area contributed by atoms with Gasteiger partial charge >= 0.3 is 0 Å². The lowest BCUT2D eigenvalue weighted by molar-refractivity contribution is 0.101. The van der Waals surface area contributed by atoms with Crippen LogP contribution in [0.25, 0.3) is 21.8 Å². The highest BCUT2D eigenvalue weighted by Crippen LogP contribution is 2.27. The normalized spacial score (nSPS) is 10.7. The van der Waals surface area contributed by atoms with Gasteiger partial charge in [-0.2, -0.15) is 10.2 Å². The Hall–Kier alpha value is -4.08. The van der Waals surface area contributed by atoms with E-state index < -0.39 is 0 Å². The molecule has 4 N–H and O–H groups in total. The van der Waals surface area contributed by atoms with Gasteiger partial charge in [-0.1, -0.05) is 82.8 Å². The number of aromatic amines is 2. The quantitative estimate of drug-likeness (QED) is 0.161. The van der Waals surface area contributed by atoms with Gasteiger partial charge in [0.1, 0.15) is 0 Å². The van der Waals surface area contributed by atoms with Gasteiger partial charge in [-0.15, -0.1) is 0 Å². The third kappa shape index (κ3) is 6.05. The molecule has 0 aliphatic carbocycles. The number of H-pyrrole nitrogens is 2. The number of para-hydroxylation sites is 2. The summed E-state index contributed by atoms with van der Waals surface area (Å²) < 4.78 is 0. The van der Waals surface area contributed by atoms with Gasteiger partial charge in [-0.25, -0.2) is 0 Å². The minimum atomic E-state index is -0.327. The van der Waals surface area contributed by atoms with Gasteiger partial charge in [0.05, 0.1) is 31.8 Å². The topological polar surface area (TPSA) is 116 Å². The highest BCUT2D eigenvalue weighted by Gasteiger charge is 2.16. The van der Waals surface area contributed by atoms with Crippen LogP contribution < -0.4 is 10.6 Å².